The zero-order valence-electron chi connectivity index (χ0n) is 9.83. The lowest BCUT2D eigenvalue weighted by Crippen LogP contribution is -2.24. The van der Waals surface area contributed by atoms with E-state index in [2.05, 4.69) is 34.8 Å². The van der Waals surface area contributed by atoms with Gasteiger partial charge in [-0.15, -0.1) is 11.3 Å². The second kappa shape index (κ2) is 6.44. The van der Waals surface area contributed by atoms with Gasteiger partial charge in [-0.05, 0) is 19.9 Å². The summed E-state index contributed by atoms with van der Waals surface area (Å²) in [5, 5.41) is 11.1. The first kappa shape index (κ1) is 12.9. The minimum Gasteiger partial charge on any atom is -0.341 e. The van der Waals surface area contributed by atoms with E-state index >= 15 is 0 Å². The van der Waals surface area contributed by atoms with Gasteiger partial charge in [0.15, 0.2) is 5.13 Å². The summed E-state index contributed by atoms with van der Waals surface area (Å²) in [5.41, 5.74) is 0.963. The maximum absolute atomic E-state index is 11.1. The van der Waals surface area contributed by atoms with Gasteiger partial charge in [-0.1, -0.05) is 6.92 Å². The molecule has 1 atom stereocenters. The molecule has 0 aliphatic rings. The van der Waals surface area contributed by atoms with Crippen LogP contribution < -0.4 is 16.0 Å². The molecule has 16 heavy (non-hydrogen) atoms. The summed E-state index contributed by atoms with van der Waals surface area (Å²) in [6.07, 6.45) is 1.10. The number of thiazole rings is 1. The van der Waals surface area contributed by atoms with Crippen LogP contribution in [0.5, 0.6) is 0 Å². The van der Waals surface area contributed by atoms with Crippen molar-refractivity contribution in [3.05, 3.63) is 11.1 Å². The number of urea groups is 1. The topological polar surface area (TPSA) is 66.0 Å². The summed E-state index contributed by atoms with van der Waals surface area (Å²) in [7, 11) is 1.58. The van der Waals surface area contributed by atoms with E-state index in [1.807, 2.05) is 5.38 Å². The fourth-order valence-corrected chi connectivity index (χ4v) is 1.97. The molecule has 0 saturated carbocycles. The molecule has 0 saturated heterocycles. The molecule has 1 aromatic rings. The second-order valence-corrected chi connectivity index (χ2v) is 4.32. The Morgan fingerprint density at radius 3 is 3.00 bits per heavy atom. The molecule has 0 spiro atoms. The average Bonchev–Trinajstić information content (AvgIpc) is 2.74. The number of carbonyl (C=O) groups excluding carboxylic acids is 1. The quantitative estimate of drug-likeness (QED) is 0.739. The molecule has 0 radical (unpaired) electrons. The van der Waals surface area contributed by atoms with Crippen LogP contribution in [0, 0.1) is 0 Å². The number of nitrogens with one attached hydrogen (secondary N) is 3. The SMILES string of the molecule is CCCNC(C)c1csc(NC(=O)NC)n1. The van der Waals surface area contributed by atoms with Gasteiger partial charge in [0.2, 0.25) is 0 Å². The van der Waals surface area contributed by atoms with Crippen molar-refractivity contribution >= 4 is 22.5 Å². The molecule has 5 nitrogen and oxygen atoms in total. The van der Waals surface area contributed by atoms with Crippen molar-refractivity contribution < 1.29 is 4.79 Å². The van der Waals surface area contributed by atoms with E-state index in [0.29, 0.717) is 5.13 Å². The van der Waals surface area contributed by atoms with Gasteiger partial charge in [0.1, 0.15) is 0 Å². The van der Waals surface area contributed by atoms with Crippen molar-refractivity contribution in [3.63, 3.8) is 0 Å². The van der Waals surface area contributed by atoms with E-state index in [0.717, 1.165) is 18.7 Å². The Kier molecular flexibility index (Phi) is 5.21. The molecule has 0 fully saturated rings. The fraction of sp³-hybridized carbons (Fsp3) is 0.600. The molecule has 1 heterocycles. The number of aromatic nitrogens is 1. The predicted octanol–water partition coefficient (Wildman–Crippen LogP) is 1.95. The van der Waals surface area contributed by atoms with E-state index in [1.165, 1.54) is 11.3 Å². The third-order valence-electron chi connectivity index (χ3n) is 2.11. The molecule has 6 heteroatoms. The summed E-state index contributed by atoms with van der Waals surface area (Å²) in [6.45, 7) is 5.16. The molecule has 1 unspecified atom stereocenters. The molecular formula is C10H18N4OS. The highest BCUT2D eigenvalue weighted by molar-refractivity contribution is 7.13. The summed E-state index contributed by atoms with van der Waals surface area (Å²) >= 11 is 1.43. The van der Waals surface area contributed by atoms with Crippen LogP contribution in [0.1, 0.15) is 32.0 Å². The van der Waals surface area contributed by atoms with Crippen molar-refractivity contribution in [1.82, 2.24) is 15.6 Å². The van der Waals surface area contributed by atoms with Crippen molar-refractivity contribution in [2.24, 2.45) is 0 Å². The lowest BCUT2D eigenvalue weighted by atomic mass is 10.2. The van der Waals surface area contributed by atoms with Crippen molar-refractivity contribution in [3.8, 4) is 0 Å². The Morgan fingerprint density at radius 2 is 2.38 bits per heavy atom. The zero-order valence-corrected chi connectivity index (χ0v) is 10.6. The molecule has 1 aromatic heterocycles. The molecule has 90 valence electrons. The number of hydrogen-bond donors (Lipinski definition) is 3. The Morgan fingerprint density at radius 1 is 1.62 bits per heavy atom. The van der Waals surface area contributed by atoms with Crippen LogP contribution in [0.2, 0.25) is 0 Å². The number of carbonyl (C=O) groups is 1. The molecule has 0 aliphatic heterocycles. The van der Waals surface area contributed by atoms with Gasteiger partial charge in [-0.2, -0.15) is 0 Å². The monoisotopic (exact) mass is 242 g/mol. The van der Waals surface area contributed by atoms with Crippen LogP contribution in [0.4, 0.5) is 9.93 Å². The number of rotatable bonds is 5. The van der Waals surface area contributed by atoms with E-state index in [9.17, 15) is 4.79 Å². The first-order chi connectivity index (χ1) is 7.67. The molecular weight excluding hydrogens is 224 g/mol. The number of anilines is 1. The molecule has 3 N–H and O–H groups in total. The second-order valence-electron chi connectivity index (χ2n) is 3.46. The Balaban J connectivity index is 2.53. The van der Waals surface area contributed by atoms with E-state index < -0.39 is 0 Å². The van der Waals surface area contributed by atoms with Crippen LogP contribution in [0.25, 0.3) is 0 Å². The molecule has 0 aliphatic carbocycles. The summed E-state index contributed by atoms with van der Waals surface area (Å²) < 4.78 is 0. The summed E-state index contributed by atoms with van der Waals surface area (Å²) in [5.74, 6) is 0. The molecule has 0 aromatic carbocycles. The minimum absolute atomic E-state index is 0.219. The van der Waals surface area contributed by atoms with Gasteiger partial charge in [-0.25, -0.2) is 9.78 Å². The van der Waals surface area contributed by atoms with Gasteiger partial charge in [0.05, 0.1) is 5.69 Å². The molecule has 2 amide bonds. The van der Waals surface area contributed by atoms with Gasteiger partial charge >= 0.3 is 6.03 Å². The number of hydrogen-bond acceptors (Lipinski definition) is 4. The third-order valence-corrected chi connectivity index (χ3v) is 2.89. The predicted molar refractivity (Wildman–Crippen MR) is 66.9 cm³/mol. The number of amides is 2. The van der Waals surface area contributed by atoms with Gasteiger partial charge in [0.25, 0.3) is 0 Å². The Hall–Kier alpha value is -1.14. The summed E-state index contributed by atoms with van der Waals surface area (Å²) in [4.78, 5) is 15.4. The smallest absolute Gasteiger partial charge is 0.320 e. The minimum atomic E-state index is -0.241. The lowest BCUT2D eigenvalue weighted by Gasteiger charge is -2.09. The molecule has 0 bridgehead atoms. The summed E-state index contributed by atoms with van der Waals surface area (Å²) in [6, 6.07) is -0.0218. The van der Waals surface area contributed by atoms with E-state index in [4.69, 9.17) is 0 Å². The maximum Gasteiger partial charge on any atom is 0.320 e. The third kappa shape index (κ3) is 3.79. The van der Waals surface area contributed by atoms with Crippen molar-refractivity contribution in [1.29, 1.82) is 0 Å². The lowest BCUT2D eigenvalue weighted by molar-refractivity contribution is 0.254. The fourth-order valence-electron chi connectivity index (χ4n) is 1.17. The first-order valence-electron chi connectivity index (χ1n) is 5.35. The van der Waals surface area contributed by atoms with Crippen LogP contribution in [-0.2, 0) is 0 Å². The largest absolute Gasteiger partial charge is 0.341 e. The highest BCUT2D eigenvalue weighted by Crippen LogP contribution is 2.20. The zero-order chi connectivity index (χ0) is 12.0. The standard InChI is InChI=1S/C10H18N4OS/c1-4-5-12-7(2)8-6-16-10(13-8)14-9(15)11-3/h6-7,12H,4-5H2,1-3H3,(H2,11,13,14,15). The van der Waals surface area contributed by atoms with Crippen LogP contribution in [0.3, 0.4) is 0 Å². The van der Waals surface area contributed by atoms with Crippen molar-refractivity contribution in [2.75, 3.05) is 18.9 Å². The average molecular weight is 242 g/mol. The van der Waals surface area contributed by atoms with E-state index in [-0.39, 0.29) is 12.1 Å². The maximum atomic E-state index is 11.1. The van der Waals surface area contributed by atoms with Crippen LogP contribution in [-0.4, -0.2) is 24.6 Å². The van der Waals surface area contributed by atoms with Gasteiger partial charge in [-0.3, -0.25) is 5.32 Å². The highest BCUT2D eigenvalue weighted by atomic mass is 32.1. The van der Waals surface area contributed by atoms with Crippen LogP contribution in [0.15, 0.2) is 5.38 Å². The Labute approximate surface area is 99.7 Å². The Bertz CT molecular complexity index is 339. The normalized spacial score (nSPS) is 12.2. The first-order valence-corrected chi connectivity index (χ1v) is 6.22. The van der Waals surface area contributed by atoms with Crippen LogP contribution >= 0.6 is 11.3 Å². The number of nitrogens with zero attached hydrogens (tertiary/aromatic N) is 1. The van der Waals surface area contributed by atoms with Gasteiger partial charge in [0, 0.05) is 18.5 Å². The highest BCUT2D eigenvalue weighted by Gasteiger charge is 2.10. The molecule has 1 rings (SSSR count). The van der Waals surface area contributed by atoms with E-state index in [1.54, 1.807) is 7.05 Å². The van der Waals surface area contributed by atoms with Crippen molar-refractivity contribution in [2.45, 2.75) is 26.3 Å². The van der Waals surface area contributed by atoms with Gasteiger partial charge < -0.3 is 10.6 Å².